The van der Waals surface area contributed by atoms with Crippen molar-refractivity contribution in [2.45, 2.75) is 6.92 Å². The summed E-state index contributed by atoms with van der Waals surface area (Å²) in [6.45, 7) is 1.93. The first-order valence-electron chi connectivity index (χ1n) is 4.84. The molecule has 0 atom stereocenters. The fourth-order valence-corrected chi connectivity index (χ4v) is 1.35. The number of hydrogen-bond acceptors (Lipinski definition) is 3. The summed E-state index contributed by atoms with van der Waals surface area (Å²) in [7, 11) is 0. The Morgan fingerprint density at radius 2 is 2.19 bits per heavy atom. The van der Waals surface area contributed by atoms with Crippen molar-refractivity contribution in [3.63, 3.8) is 0 Å². The number of anilines is 2. The maximum Gasteiger partial charge on any atom is 0.273 e. The van der Waals surface area contributed by atoms with Crippen LogP contribution in [0.3, 0.4) is 0 Å². The predicted molar refractivity (Wildman–Crippen MR) is 62.1 cm³/mol. The Morgan fingerprint density at radius 1 is 1.44 bits per heavy atom. The molecule has 0 saturated heterocycles. The van der Waals surface area contributed by atoms with E-state index in [1.807, 2.05) is 31.2 Å². The lowest BCUT2D eigenvalue weighted by Crippen LogP contribution is -2.13. The SMILES string of the molecule is Cc1ccccc1NC(=O)c1cnc(N)[nH]1. The normalized spacial score (nSPS) is 10.1. The smallest absolute Gasteiger partial charge is 0.273 e. The first-order chi connectivity index (χ1) is 7.66. The minimum atomic E-state index is -0.251. The number of carbonyl (C=O) groups is 1. The van der Waals surface area contributed by atoms with E-state index in [-0.39, 0.29) is 11.9 Å². The average molecular weight is 216 g/mol. The lowest BCUT2D eigenvalue weighted by atomic mass is 10.2. The molecule has 0 saturated carbocycles. The lowest BCUT2D eigenvalue weighted by Gasteiger charge is -2.06. The topological polar surface area (TPSA) is 83.8 Å². The molecule has 2 rings (SSSR count). The Morgan fingerprint density at radius 3 is 2.81 bits per heavy atom. The molecule has 0 bridgehead atoms. The van der Waals surface area contributed by atoms with Crippen molar-refractivity contribution in [2.24, 2.45) is 0 Å². The Labute approximate surface area is 92.7 Å². The van der Waals surface area contributed by atoms with E-state index in [1.165, 1.54) is 6.20 Å². The number of carbonyl (C=O) groups excluding carboxylic acids is 1. The van der Waals surface area contributed by atoms with Crippen LogP contribution in [-0.2, 0) is 0 Å². The van der Waals surface area contributed by atoms with E-state index in [0.717, 1.165) is 11.3 Å². The molecule has 1 heterocycles. The number of H-pyrrole nitrogens is 1. The molecule has 0 aliphatic rings. The van der Waals surface area contributed by atoms with Crippen molar-refractivity contribution < 1.29 is 4.79 Å². The summed E-state index contributed by atoms with van der Waals surface area (Å²) in [6.07, 6.45) is 1.41. The van der Waals surface area contributed by atoms with Crippen LogP contribution in [0.25, 0.3) is 0 Å². The molecule has 0 unspecified atom stereocenters. The summed E-state index contributed by atoms with van der Waals surface area (Å²) in [6, 6.07) is 7.55. The fourth-order valence-electron chi connectivity index (χ4n) is 1.35. The fraction of sp³-hybridized carbons (Fsp3) is 0.0909. The Kier molecular flexibility index (Phi) is 2.59. The van der Waals surface area contributed by atoms with Gasteiger partial charge in [0.25, 0.3) is 5.91 Å². The van der Waals surface area contributed by atoms with Gasteiger partial charge in [-0.3, -0.25) is 4.79 Å². The van der Waals surface area contributed by atoms with Crippen LogP contribution in [0.4, 0.5) is 11.6 Å². The van der Waals surface area contributed by atoms with Gasteiger partial charge in [-0.2, -0.15) is 0 Å². The Bertz CT molecular complexity index is 518. The minimum Gasteiger partial charge on any atom is -0.369 e. The van der Waals surface area contributed by atoms with Crippen LogP contribution in [0.5, 0.6) is 0 Å². The maximum atomic E-state index is 11.7. The molecule has 5 nitrogen and oxygen atoms in total. The zero-order valence-electron chi connectivity index (χ0n) is 8.82. The molecular weight excluding hydrogens is 204 g/mol. The largest absolute Gasteiger partial charge is 0.369 e. The molecule has 82 valence electrons. The second kappa shape index (κ2) is 4.06. The molecule has 5 heteroatoms. The number of aromatic nitrogens is 2. The van der Waals surface area contributed by atoms with E-state index in [0.29, 0.717) is 5.69 Å². The lowest BCUT2D eigenvalue weighted by molar-refractivity contribution is 0.102. The summed E-state index contributed by atoms with van der Waals surface area (Å²) in [5.41, 5.74) is 7.52. The number of rotatable bonds is 2. The standard InChI is InChI=1S/C11H12N4O/c1-7-4-2-3-5-8(7)14-10(16)9-6-13-11(12)15-9/h2-6H,1H3,(H,14,16)(H3,12,13,15). The molecule has 16 heavy (non-hydrogen) atoms. The van der Waals surface area contributed by atoms with Crippen LogP contribution in [0.15, 0.2) is 30.5 Å². The number of nitrogen functional groups attached to an aromatic ring is 1. The minimum absolute atomic E-state index is 0.231. The van der Waals surface area contributed by atoms with Crippen molar-refractivity contribution >= 4 is 17.5 Å². The van der Waals surface area contributed by atoms with E-state index in [4.69, 9.17) is 5.73 Å². The molecule has 1 aromatic heterocycles. The molecular formula is C11H12N4O. The highest BCUT2D eigenvalue weighted by Crippen LogP contribution is 2.14. The van der Waals surface area contributed by atoms with Crippen LogP contribution in [-0.4, -0.2) is 15.9 Å². The molecule has 0 fully saturated rings. The number of aryl methyl sites for hydroxylation is 1. The molecule has 4 N–H and O–H groups in total. The van der Waals surface area contributed by atoms with Crippen molar-refractivity contribution in [1.29, 1.82) is 0 Å². The van der Waals surface area contributed by atoms with Gasteiger partial charge in [0.1, 0.15) is 5.69 Å². The monoisotopic (exact) mass is 216 g/mol. The van der Waals surface area contributed by atoms with Gasteiger partial charge in [-0.05, 0) is 18.6 Å². The van der Waals surface area contributed by atoms with Crippen LogP contribution >= 0.6 is 0 Å². The number of benzene rings is 1. The van der Waals surface area contributed by atoms with Crippen LogP contribution < -0.4 is 11.1 Å². The third-order valence-electron chi connectivity index (χ3n) is 2.23. The van der Waals surface area contributed by atoms with Gasteiger partial charge >= 0.3 is 0 Å². The summed E-state index contributed by atoms with van der Waals surface area (Å²) in [4.78, 5) is 18.2. The molecule has 0 spiro atoms. The highest BCUT2D eigenvalue weighted by atomic mass is 16.1. The average Bonchev–Trinajstić information content (AvgIpc) is 2.68. The van der Waals surface area contributed by atoms with Crippen molar-refractivity contribution in [3.05, 3.63) is 41.7 Å². The van der Waals surface area contributed by atoms with E-state index in [1.54, 1.807) is 0 Å². The van der Waals surface area contributed by atoms with Gasteiger partial charge in [0.2, 0.25) is 0 Å². The van der Waals surface area contributed by atoms with E-state index in [9.17, 15) is 4.79 Å². The van der Waals surface area contributed by atoms with E-state index < -0.39 is 0 Å². The number of amides is 1. The number of imidazole rings is 1. The van der Waals surface area contributed by atoms with Gasteiger partial charge < -0.3 is 16.0 Å². The summed E-state index contributed by atoms with van der Waals surface area (Å²) < 4.78 is 0. The van der Waals surface area contributed by atoms with Gasteiger partial charge in [0, 0.05) is 5.69 Å². The van der Waals surface area contributed by atoms with Gasteiger partial charge in [-0.15, -0.1) is 0 Å². The highest BCUT2D eigenvalue weighted by molar-refractivity contribution is 6.03. The van der Waals surface area contributed by atoms with Gasteiger partial charge in [-0.25, -0.2) is 4.98 Å². The van der Waals surface area contributed by atoms with Crippen LogP contribution in [0.1, 0.15) is 16.1 Å². The molecule has 0 radical (unpaired) electrons. The third kappa shape index (κ3) is 2.03. The molecule has 2 aromatic rings. The number of hydrogen-bond donors (Lipinski definition) is 3. The van der Waals surface area contributed by atoms with E-state index in [2.05, 4.69) is 15.3 Å². The number of nitrogens with zero attached hydrogens (tertiary/aromatic N) is 1. The second-order valence-electron chi connectivity index (χ2n) is 3.45. The number of aromatic amines is 1. The summed E-state index contributed by atoms with van der Waals surface area (Å²) in [5, 5.41) is 2.77. The molecule has 1 amide bonds. The Balaban J connectivity index is 2.17. The van der Waals surface area contributed by atoms with Crippen molar-refractivity contribution in [2.75, 3.05) is 11.1 Å². The van der Waals surface area contributed by atoms with Gasteiger partial charge in [0.15, 0.2) is 5.95 Å². The second-order valence-corrected chi connectivity index (χ2v) is 3.45. The van der Waals surface area contributed by atoms with Gasteiger partial charge in [-0.1, -0.05) is 18.2 Å². The Hall–Kier alpha value is -2.30. The molecule has 1 aromatic carbocycles. The van der Waals surface area contributed by atoms with Gasteiger partial charge in [0.05, 0.1) is 6.20 Å². The molecule has 0 aliphatic heterocycles. The maximum absolute atomic E-state index is 11.7. The van der Waals surface area contributed by atoms with Crippen molar-refractivity contribution in [1.82, 2.24) is 9.97 Å². The third-order valence-corrected chi connectivity index (χ3v) is 2.23. The summed E-state index contributed by atoms with van der Waals surface area (Å²) in [5.74, 6) is -0.0200. The zero-order valence-corrected chi connectivity index (χ0v) is 8.82. The van der Waals surface area contributed by atoms with Crippen LogP contribution in [0.2, 0.25) is 0 Å². The highest BCUT2D eigenvalue weighted by Gasteiger charge is 2.09. The molecule has 0 aliphatic carbocycles. The number of para-hydroxylation sites is 1. The summed E-state index contributed by atoms with van der Waals surface area (Å²) >= 11 is 0. The predicted octanol–water partition coefficient (Wildman–Crippen LogP) is 1.55. The quantitative estimate of drug-likeness (QED) is 0.712. The first-order valence-corrected chi connectivity index (χ1v) is 4.84. The number of nitrogens with two attached hydrogens (primary N) is 1. The first kappa shape index (κ1) is 10.2. The zero-order chi connectivity index (χ0) is 11.5. The van der Waals surface area contributed by atoms with Crippen LogP contribution in [0, 0.1) is 6.92 Å². The number of nitrogens with one attached hydrogen (secondary N) is 2. The van der Waals surface area contributed by atoms with Crippen molar-refractivity contribution in [3.8, 4) is 0 Å². The van der Waals surface area contributed by atoms with E-state index >= 15 is 0 Å².